The molecule has 2 aromatic heterocycles. The van der Waals surface area contributed by atoms with Crippen LogP contribution in [0.5, 0.6) is 0 Å². The molecule has 164 valence electrons. The van der Waals surface area contributed by atoms with Gasteiger partial charge in [0.2, 0.25) is 0 Å². The van der Waals surface area contributed by atoms with Crippen molar-refractivity contribution in [1.82, 2.24) is 15.3 Å². The van der Waals surface area contributed by atoms with Crippen LogP contribution in [0.1, 0.15) is 45.7 Å². The Labute approximate surface area is 183 Å². The molecule has 2 aliphatic rings. The number of fused-ring (bicyclic) bond motifs is 1. The normalized spacial score (nSPS) is 17.2. The first-order valence-corrected chi connectivity index (χ1v) is 10.5. The lowest BCUT2D eigenvalue weighted by Gasteiger charge is -2.32. The Kier molecular flexibility index (Phi) is 5.19. The molecule has 1 amide bonds. The minimum absolute atomic E-state index is 0.138. The van der Waals surface area contributed by atoms with Crippen LogP contribution in [0.2, 0.25) is 0 Å². The Morgan fingerprint density at radius 2 is 1.84 bits per heavy atom. The number of rotatable bonds is 4. The average molecular weight is 437 g/mol. The van der Waals surface area contributed by atoms with Gasteiger partial charge in [0.25, 0.3) is 5.91 Å². The second kappa shape index (κ2) is 8.03. The Morgan fingerprint density at radius 1 is 1.09 bits per heavy atom. The lowest BCUT2D eigenvalue weighted by molar-refractivity contribution is -0.0681. The van der Waals surface area contributed by atoms with Gasteiger partial charge in [-0.2, -0.15) is 0 Å². The summed E-state index contributed by atoms with van der Waals surface area (Å²) in [5.41, 5.74) is 1.80. The first kappa shape index (κ1) is 20.7. The highest BCUT2D eigenvalue weighted by atomic mass is 19.1. The number of ether oxygens (including phenoxy) is 1. The van der Waals surface area contributed by atoms with Crippen molar-refractivity contribution in [3.63, 3.8) is 0 Å². The first-order chi connectivity index (χ1) is 15.4. The summed E-state index contributed by atoms with van der Waals surface area (Å²) in [5.74, 6) is -1.70. The number of hydrogen-bond acceptors (Lipinski definition) is 5. The minimum atomic E-state index is -0.961. The van der Waals surface area contributed by atoms with Crippen molar-refractivity contribution in [2.75, 3.05) is 13.2 Å². The summed E-state index contributed by atoms with van der Waals surface area (Å²) >= 11 is 0. The Morgan fingerprint density at radius 3 is 2.53 bits per heavy atom. The highest BCUT2D eigenvalue weighted by Crippen LogP contribution is 2.33. The molecule has 0 atom stereocenters. The van der Waals surface area contributed by atoms with Crippen LogP contribution in [0.15, 0.2) is 42.6 Å². The zero-order valence-electron chi connectivity index (χ0n) is 17.2. The molecule has 0 bridgehead atoms. The van der Waals surface area contributed by atoms with Gasteiger partial charge in [-0.05, 0) is 29.8 Å². The van der Waals surface area contributed by atoms with E-state index in [0.717, 1.165) is 5.56 Å². The van der Waals surface area contributed by atoms with Crippen LogP contribution in [-0.2, 0) is 23.3 Å². The van der Waals surface area contributed by atoms with Crippen LogP contribution in [0, 0.1) is 11.6 Å². The lowest BCUT2D eigenvalue weighted by atomic mass is 9.87. The monoisotopic (exact) mass is 437 g/mol. The van der Waals surface area contributed by atoms with Gasteiger partial charge in [-0.15, -0.1) is 0 Å². The highest BCUT2D eigenvalue weighted by molar-refractivity contribution is 5.99. The average Bonchev–Trinajstić information content (AvgIpc) is 3.16. The van der Waals surface area contributed by atoms with Crippen molar-refractivity contribution in [2.45, 2.75) is 31.4 Å². The molecule has 0 spiro atoms. The molecular weight excluding hydrogens is 416 g/mol. The van der Waals surface area contributed by atoms with E-state index < -0.39 is 17.2 Å². The summed E-state index contributed by atoms with van der Waals surface area (Å²) in [5, 5.41) is 13.6. The zero-order valence-corrected chi connectivity index (χ0v) is 17.2. The van der Waals surface area contributed by atoms with Crippen molar-refractivity contribution in [2.24, 2.45) is 0 Å². The van der Waals surface area contributed by atoms with Crippen molar-refractivity contribution >= 4 is 5.91 Å². The van der Waals surface area contributed by atoms with E-state index in [9.17, 15) is 18.7 Å². The molecule has 2 aliphatic heterocycles. The first-order valence-electron chi connectivity index (χ1n) is 10.5. The minimum Gasteiger partial charge on any atom is -0.385 e. The van der Waals surface area contributed by atoms with E-state index in [2.05, 4.69) is 15.3 Å². The molecule has 8 heteroatoms. The van der Waals surface area contributed by atoms with E-state index in [1.165, 1.54) is 18.2 Å². The largest absolute Gasteiger partial charge is 0.385 e. The molecule has 0 unspecified atom stereocenters. The van der Waals surface area contributed by atoms with E-state index in [1.54, 1.807) is 18.3 Å². The number of benzene rings is 1. The fourth-order valence-electron chi connectivity index (χ4n) is 4.32. The molecule has 1 aromatic carbocycles. The van der Waals surface area contributed by atoms with Crippen LogP contribution < -0.4 is 5.32 Å². The van der Waals surface area contributed by atoms with Crippen LogP contribution >= 0.6 is 0 Å². The number of hydrogen-bond donors (Lipinski definition) is 2. The van der Waals surface area contributed by atoms with E-state index in [-0.39, 0.29) is 30.1 Å². The van der Waals surface area contributed by atoms with Gasteiger partial charge in [-0.1, -0.05) is 12.1 Å². The second-order valence-electron chi connectivity index (χ2n) is 8.13. The van der Waals surface area contributed by atoms with Crippen LogP contribution in [0.25, 0.3) is 11.3 Å². The lowest BCUT2D eigenvalue weighted by Crippen LogP contribution is -2.33. The summed E-state index contributed by atoms with van der Waals surface area (Å²) in [6.07, 6.45) is 2.93. The SMILES string of the molecule is O=C1NCc2nc(-c3c(F)cccc3F)cc(Cc3ccc(C4(O)CCOCC4)cn3)c21. The van der Waals surface area contributed by atoms with Gasteiger partial charge in [0, 0.05) is 49.9 Å². The fraction of sp³-hybridized carbons (Fsp3) is 0.292. The van der Waals surface area contributed by atoms with Crippen molar-refractivity contribution in [3.05, 3.63) is 82.3 Å². The number of nitrogens with zero attached hydrogens (tertiary/aromatic N) is 2. The maximum Gasteiger partial charge on any atom is 0.253 e. The van der Waals surface area contributed by atoms with Gasteiger partial charge >= 0.3 is 0 Å². The van der Waals surface area contributed by atoms with Gasteiger partial charge in [-0.25, -0.2) is 13.8 Å². The molecule has 1 fully saturated rings. The van der Waals surface area contributed by atoms with E-state index in [0.29, 0.717) is 48.6 Å². The van der Waals surface area contributed by atoms with Gasteiger partial charge in [0.15, 0.2) is 0 Å². The van der Waals surface area contributed by atoms with Crippen LogP contribution in [0.3, 0.4) is 0 Å². The van der Waals surface area contributed by atoms with Gasteiger partial charge in [0.05, 0.1) is 34.7 Å². The number of carbonyl (C=O) groups excluding carboxylic acids is 1. The van der Waals surface area contributed by atoms with Crippen LogP contribution in [-0.4, -0.2) is 34.2 Å². The van der Waals surface area contributed by atoms with E-state index in [1.807, 2.05) is 6.07 Å². The topological polar surface area (TPSA) is 84.3 Å². The number of pyridine rings is 2. The molecular formula is C24H21F2N3O3. The third-order valence-electron chi connectivity index (χ3n) is 6.09. The molecule has 32 heavy (non-hydrogen) atoms. The van der Waals surface area contributed by atoms with E-state index in [4.69, 9.17) is 4.74 Å². The molecule has 2 N–H and O–H groups in total. The molecule has 0 radical (unpaired) electrons. The maximum absolute atomic E-state index is 14.4. The zero-order chi connectivity index (χ0) is 22.3. The highest BCUT2D eigenvalue weighted by Gasteiger charge is 2.32. The van der Waals surface area contributed by atoms with Gasteiger partial charge < -0.3 is 15.2 Å². The summed E-state index contributed by atoms with van der Waals surface area (Å²) in [4.78, 5) is 21.2. The van der Waals surface area contributed by atoms with Crippen molar-refractivity contribution in [1.29, 1.82) is 0 Å². The Bertz CT molecular complexity index is 1170. The number of aliphatic hydroxyl groups is 1. The third-order valence-corrected chi connectivity index (χ3v) is 6.09. The Hall–Kier alpha value is -3.23. The predicted molar refractivity (Wildman–Crippen MR) is 112 cm³/mol. The number of amides is 1. The summed E-state index contributed by atoms with van der Waals surface area (Å²) in [7, 11) is 0. The Balaban J connectivity index is 1.51. The maximum atomic E-state index is 14.4. The molecule has 1 saturated heterocycles. The molecule has 0 saturated carbocycles. The van der Waals surface area contributed by atoms with Gasteiger partial charge in [-0.3, -0.25) is 9.78 Å². The number of carbonyl (C=O) groups is 1. The van der Waals surface area contributed by atoms with Crippen LogP contribution in [0.4, 0.5) is 8.78 Å². The second-order valence-corrected chi connectivity index (χ2v) is 8.13. The standard InChI is InChI=1S/C24H21F2N3O3/c25-17-2-1-3-18(26)22(17)19-11-14(21-20(29-19)13-28-23(21)30)10-16-5-4-15(12-27-16)24(31)6-8-32-9-7-24/h1-5,11-12,31H,6-10,13H2,(H,28,30). The van der Waals surface area contributed by atoms with Crippen molar-refractivity contribution < 1.29 is 23.4 Å². The van der Waals surface area contributed by atoms with Gasteiger partial charge in [0.1, 0.15) is 11.6 Å². The molecule has 3 aromatic rings. The summed E-state index contributed by atoms with van der Waals surface area (Å²) in [6, 6.07) is 8.83. The molecule has 6 nitrogen and oxygen atoms in total. The molecule has 4 heterocycles. The van der Waals surface area contributed by atoms with E-state index >= 15 is 0 Å². The molecule has 5 rings (SSSR count). The summed E-state index contributed by atoms with van der Waals surface area (Å²) < 4.78 is 34.1. The summed E-state index contributed by atoms with van der Waals surface area (Å²) in [6.45, 7) is 1.18. The number of aromatic nitrogens is 2. The number of halogens is 2. The molecule has 0 aliphatic carbocycles. The number of nitrogens with one attached hydrogen (secondary N) is 1. The fourth-order valence-corrected chi connectivity index (χ4v) is 4.32. The third kappa shape index (κ3) is 3.65. The predicted octanol–water partition coefficient (Wildman–Crippen LogP) is 3.25. The quantitative estimate of drug-likeness (QED) is 0.655. The smallest absolute Gasteiger partial charge is 0.253 e. The van der Waals surface area contributed by atoms with Crippen molar-refractivity contribution in [3.8, 4) is 11.3 Å².